The Morgan fingerprint density at radius 3 is 2.31 bits per heavy atom. The number of ether oxygens (including phenoxy) is 1. The number of hydrogen-bond acceptors (Lipinski definition) is 1. The summed E-state index contributed by atoms with van der Waals surface area (Å²) in [7, 11) is 2.52. The Balaban J connectivity index is 2.87. The van der Waals surface area contributed by atoms with Crippen molar-refractivity contribution in [2.24, 2.45) is 0 Å². The van der Waals surface area contributed by atoms with Gasteiger partial charge in [-0.05, 0) is 16.3 Å². The summed E-state index contributed by atoms with van der Waals surface area (Å²) in [5.41, 5.74) is 0. The second-order valence-electron chi connectivity index (χ2n) is 4.08. The summed E-state index contributed by atoms with van der Waals surface area (Å²) in [6.07, 6.45) is 0. The van der Waals surface area contributed by atoms with Gasteiger partial charge in [0.1, 0.15) is 5.75 Å². The summed E-state index contributed by atoms with van der Waals surface area (Å²) >= 11 is 0. The van der Waals surface area contributed by atoms with Crippen molar-refractivity contribution in [3.63, 3.8) is 0 Å². The molecule has 0 saturated heterocycles. The van der Waals surface area contributed by atoms with Crippen molar-refractivity contribution in [1.29, 1.82) is 0 Å². The zero-order valence-electron chi connectivity index (χ0n) is 8.72. The van der Waals surface area contributed by atoms with Crippen LogP contribution in [0.15, 0.2) is 24.3 Å². The van der Waals surface area contributed by atoms with Crippen LogP contribution < -0.4 is 9.92 Å². The van der Waals surface area contributed by atoms with Crippen molar-refractivity contribution in [2.45, 2.75) is 25.8 Å². The van der Waals surface area contributed by atoms with Crippen LogP contribution in [0.25, 0.3) is 0 Å². The second kappa shape index (κ2) is 3.96. The molecule has 0 N–H and O–H groups in total. The lowest BCUT2D eigenvalue weighted by molar-refractivity contribution is 0.418. The highest BCUT2D eigenvalue weighted by Crippen LogP contribution is 2.21. The van der Waals surface area contributed by atoms with Gasteiger partial charge in [-0.2, -0.15) is 0 Å². The molecule has 0 aromatic heterocycles. The van der Waals surface area contributed by atoms with Crippen LogP contribution in [0.4, 0.5) is 0 Å². The van der Waals surface area contributed by atoms with Crippen molar-refractivity contribution < 1.29 is 4.74 Å². The van der Waals surface area contributed by atoms with Gasteiger partial charge in [0.15, 0.2) is 0 Å². The van der Waals surface area contributed by atoms with Crippen LogP contribution >= 0.6 is 0 Å². The molecule has 0 bridgehead atoms. The first kappa shape index (κ1) is 10.3. The highest BCUT2D eigenvalue weighted by molar-refractivity contribution is 6.57. The van der Waals surface area contributed by atoms with Crippen molar-refractivity contribution in [1.82, 2.24) is 0 Å². The van der Waals surface area contributed by atoms with E-state index in [-0.39, 0.29) is 0 Å². The van der Waals surface area contributed by atoms with E-state index >= 15 is 0 Å². The molecule has 0 aliphatic rings. The molecule has 70 valence electrons. The van der Waals surface area contributed by atoms with E-state index in [0.717, 1.165) is 15.3 Å². The zero-order valence-corrected chi connectivity index (χ0v) is 9.72. The molecule has 2 heteroatoms. The fraction of sp³-hybridized carbons (Fsp3) is 0.455. The van der Waals surface area contributed by atoms with Gasteiger partial charge < -0.3 is 4.74 Å². The van der Waals surface area contributed by atoms with Crippen LogP contribution in [-0.2, 0) is 0 Å². The minimum atomic E-state index is 0.342. The SMILES string of the molecule is COc1ccccc1[Si]C(C)(C)C. The van der Waals surface area contributed by atoms with Crippen molar-refractivity contribution in [3.05, 3.63) is 24.3 Å². The summed E-state index contributed by atoms with van der Waals surface area (Å²) in [4.78, 5) is 0. The first-order chi connectivity index (χ1) is 6.03. The fourth-order valence-corrected chi connectivity index (χ4v) is 2.45. The molecule has 1 aromatic carbocycles. The number of methoxy groups -OCH3 is 1. The van der Waals surface area contributed by atoms with Crippen molar-refractivity contribution >= 4 is 14.7 Å². The van der Waals surface area contributed by atoms with Crippen LogP contribution in [0.5, 0.6) is 5.75 Å². The largest absolute Gasteiger partial charge is 0.497 e. The standard InChI is InChI=1S/C11H16OSi/c1-11(2,3)13-10-8-6-5-7-9(10)12-4/h5-8H,1-4H3. The quantitative estimate of drug-likeness (QED) is 0.653. The average Bonchev–Trinajstić information content (AvgIpc) is 2.02. The Bertz CT molecular complexity index is 276. The van der Waals surface area contributed by atoms with E-state index in [4.69, 9.17) is 4.74 Å². The third-order valence-electron chi connectivity index (χ3n) is 1.62. The molecule has 13 heavy (non-hydrogen) atoms. The summed E-state index contributed by atoms with van der Waals surface area (Å²) in [5, 5.41) is 1.66. The molecule has 0 heterocycles. The number of benzene rings is 1. The van der Waals surface area contributed by atoms with Gasteiger partial charge in [0, 0.05) is 0 Å². The highest BCUT2D eigenvalue weighted by atomic mass is 28.2. The minimum Gasteiger partial charge on any atom is -0.497 e. The van der Waals surface area contributed by atoms with Crippen molar-refractivity contribution in [3.8, 4) is 5.75 Å². The highest BCUT2D eigenvalue weighted by Gasteiger charge is 2.15. The zero-order chi connectivity index (χ0) is 9.90. The molecule has 0 aliphatic carbocycles. The molecule has 1 nitrogen and oxygen atoms in total. The Morgan fingerprint density at radius 1 is 1.15 bits per heavy atom. The number of para-hydroxylation sites is 1. The predicted octanol–water partition coefficient (Wildman–Crippen LogP) is 2.24. The molecule has 0 saturated carbocycles. The third-order valence-corrected chi connectivity index (χ3v) is 3.05. The monoisotopic (exact) mass is 192 g/mol. The van der Waals surface area contributed by atoms with Crippen LogP contribution in [0.2, 0.25) is 5.04 Å². The second-order valence-corrected chi connectivity index (χ2v) is 6.36. The Kier molecular flexibility index (Phi) is 3.15. The Hall–Kier alpha value is -0.763. The number of rotatable bonds is 2. The third kappa shape index (κ3) is 3.23. The van der Waals surface area contributed by atoms with Crippen LogP contribution in [0.3, 0.4) is 0 Å². The van der Waals surface area contributed by atoms with Crippen LogP contribution in [0, 0.1) is 0 Å². The smallest absolute Gasteiger partial charge is 0.117 e. The Morgan fingerprint density at radius 2 is 1.77 bits per heavy atom. The first-order valence-electron chi connectivity index (χ1n) is 4.44. The van der Waals surface area contributed by atoms with Gasteiger partial charge in [0.25, 0.3) is 0 Å². The molecule has 1 rings (SSSR count). The normalized spacial score (nSPS) is 11.4. The molecular weight excluding hydrogens is 176 g/mol. The summed E-state index contributed by atoms with van der Waals surface area (Å²) in [5.74, 6) is 1.01. The maximum Gasteiger partial charge on any atom is 0.117 e. The minimum absolute atomic E-state index is 0.342. The lowest BCUT2D eigenvalue weighted by atomic mass is 10.2. The molecule has 0 unspecified atom stereocenters. The van der Waals surface area contributed by atoms with E-state index in [1.165, 1.54) is 5.19 Å². The van der Waals surface area contributed by atoms with E-state index in [1.54, 1.807) is 7.11 Å². The molecule has 1 aromatic rings. The topological polar surface area (TPSA) is 9.23 Å². The lowest BCUT2D eigenvalue weighted by Crippen LogP contribution is -2.24. The van der Waals surface area contributed by atoms with Crippen LogP contribution in [0.1, 0.15) is 20.8 Å². The summed E-state index contributed by atoms with van der Waals surface area (Å²) in [6, 6.07) is 8.24. The Labute approximate surface area is 82.9 Å². The fourth-order valence-electron chi connectivity index (χ4n) is 1.15. The number of hydrogen-bond donors (Lipinski definition) is 0. The van der Waals surface area contributed by atoms with Gasteiger partial charge in [-0.1, -0.05) is 39.0 Å². The molecule has 0 amide bonds. The van der Waals surface area contributed by atoms with Gasteiger partial charge in [-0.15, -0.1) is 0 Å². The van der Waals surface area contributed by atoms with Crippen LogP contribution in [-0.4, -0.2) is 16.6 Å². The summed E-state index contributed by atoms with van der Waals surface area (Å²) < 4.78 is 5.30. The lowest BCUT2D eigenvalue weighted by Gasteiger charge is -2.18. The van der Waals surface area contributed by atoms with Gasteiger partial charge in [0.05, 0.1) is 16.6 Å². The van der Waals surface area contributed by atoms with E-state index in [2.05, 4.69) is 32.9 Å². The first-order valence-corrected chi connectivity index (χ1v) is 5.44. The summed E-state index contributed by atoms with van der Waals surface area (Å²) in [6.45, 7) is 6.74. The van der Waals surface area contributed by atoms with Gasteiger partial charge in [-0.25, -0.2) is 0 Å². The molecule has 0 atom stereocenters. The van der Waals surface area contributed by atoms with E-state index in [0.29, 0.717) is 5.04 Å². The van der Waals surface area contributed by atoms with Gasteiger partial charge in [-0.3, -0.25) is 0 Å². The average molecular weight is 192 g/mol. The molecule has 0 aliphatic heterocycles. The molecule has 0 fully saturated rings. The van der Waals surface area contributed by atoms with Gasteiger partial charge in [0.2, 0.25) is 0 Å². The van der Waals surface area contributed by atoms with E-state index in [1.807, 2.05) is 12.1 Å². The predicted molar refractivity (Wildman–Crippen MR) is 58.1 cm³/mol. The maximum atomic E-state index is 5.30. The molecule has 2 radical (unpaired) electrons. The molecule has 0 spiro atoms. The van der Waals surface area contributed by atoms with Crippen molar-refractivity contribution in [2.75, 3.05) is 7.11 Å². The van der Waals surface area contributed by atoms with E-state index < -0.39 is 0 Å². The maximum absolute atomic E-state index is 5.30. The van der Waals surface area contributed by atoms with Gasteiger partial charge >= 0.3 is 0 Å². The molecular formula is C11H16OSi. The van der Waals surface area contributed by atoms with E-state index in [9.17, 15) is 0 Å².